The second-order valence-corrected chi connectivity index (χ2v) is 8.71. The van der Waals surface area contributed by atoms with E-state index in [-0.39, 0.29) is 21.5 Å². The van der Waals surface area contributed by atoms with E-state index in [1.165, 1.54) is 37.3 Å². The van der Waals surface area contributed by atoms with E-state index in [9.17, 15) is 18.0 Å². The van der Waals surface area contributed by atoms with Crippen molar-refractivity contribution in [3.63, 3.8) is 0 Å². The second-order valence-electron chi connectivity index (χ2n) is 5.87. The van der Waals surface area contributed by atoms with E-state index in [0.29, 0.717) is 22.7 Å². The molecule has 0 bridgehead atoms. The molecule has 0 amide bonds. The summed E-state index contributed by atoms with van der Waals surface area (Å²) in [5.41, 5.74) is 1.35. The van der Waals surface area contributed by atoms with E-state index in [4.69, 9.17) is 4.42 Å². The highest BCUT2D eigenvalue weighted by atomic mass is 32.2. The third-order valence-corrected chi connectivity index (χ3v) is 5.98. The first-order valence-corrected chi connectivity index (χ1v) is 10.6. The van der Waals surface area contributed by atoms with Crippen LogP contribution in [0.4, 0.5) is 5.69 Å². The van der Waals surface area contributed by atoms with Crippen LogP contribution in [0.5, 0.6) is 0 Å². The zero-order valence-electron chi connectivity index (χ0n) is 15.1. The van der Waals surface area contributed by atoms with Gasteiger partial charge in [0.05, 0.1) is 5.75 Å². The summed E-state index contributed by atoms with van der Waals surface area (Å²) in [6.07, 6.45) is 2.74. The lowest BCUT2D eigenvalue weighted by molar-refractivity contribution is -0.109. The molecule has 0 spiro atoms. The molecule has 0 fully saturated rings. The van der Waals surface area contributed by atoms with Crippen LogP contribution < -0.4 is 4.72 Å². The average Bonchev–Trinajstić information content (AvgIpc) is 3.29. The minimum absolute atomic E-state index is 0.0262. The Morgan fingerprint density at radius 2 is 1.93 bits per heavy atom. The number of ketones is 1. The van der Waals surface area contributed by atoms with Crippen LogP contribution in [-0.2, 0) is 21.9 Å². The lowest BCUT2D eigenvalue weighted by atomic mass is 10.1. The number of hydrogen-bond donors (Lipinski definition) is 1. The van der Waals surface area contributed by atoms with Crippen LogP contribution in [0.25, 0.3) is 11.5 Å². The van der Waals surface area contributed by atoms with E-state index < -0.39 is 10.0 Å². The van der Waals surface area contributed by atoms with Crippen molar-refractivity contribution in [2.24, 2.45) is 7.05 Å². The summed E-state index contributed by atoms with van der Waals surface area (Å²) in [5.74, 6) is 0.223. The second kappa shape index (κ2) is 8.03. The van der Waals surface area contributed by atoms with Gasteiger partial charge in [-0.2, -0.15) is 5.10 Å². The normalized spacial score (nSPS) is 11.4. The maximum atomic E-state index is 12.6. The Morgan fingerprint density at radius 1 is 1.21 bits per heavy atom. The van der Waals surface area contributed by atoms with Gasteiger partial charge >= 0.3 is 0 Å². The first-order chi connectivity index (χ1) is 13.3. The minimum Gasteiger partial charge on any atom is -0.461 e. The molecule has 2 heterocycles. The van der Waals surface area contributed by atoms with E-state index in [0.717, 1.165) is 18.0 Å². The maximum Gasteiger partial charge on any atom is 0.265 e. The molecule has 0 unspecified atom stereocenters. The van der Waals surface area contributed by atoms with Gasteiger partial charge in [-0.25, -0.2) is 8.42 Å². The monoisotopic (exact) mass is 419 g/mol. The predicted octanol–water partition coefficient (Wildman–Crippen LogP) is 2.94. The third kappa shape index (κ3) is 4.52. The summed E-state index contributed by atoms with van der Waals surface area (Å²) >= 11 is 0.931. The quantitative estimate of drug-likeness (QED) is 0.586. The van der Waals surface area contributed by atoms with Gasteiger partial charge in [-0.15, -0.1) is 0 Å². The molecule has 10 heteroatoms. The minimum atomic E-state index is -3.86. The smallest absolute Gasteiger partial charge is 0.265 e. The number of aromatic nitrogens is 2. The molecule has 0 saturated carbocycles. The molecule has 0 atom stereocenters. The SMILES string of the molecule is CC(=O)SCC(=O)c1ccc(NS(=O)(=O)c2coc(-c3ccnn3C)c2)cc1. The summed E-state index contributed by atoms with van der Waals surface area (Å²) < 4.78 is 34.5. The molecule has 1 aromatic carbocycles. The predicted molar refractivity (Wildman–Crippen MR) is 106 cm³/mol. The summed E-state index contributed by atoms with van der Waals surface area (Å²) in [7, 11) is -2.13. The molecule has 146 valence electrons. The molecular weight excluding hydrogens is 402 g/mol. The Balaban J connectivity index is 1.72. The van der Waals surface area contributed by atoms with Crippen molar-refractivity contribution in [3.05, 3.63) is 54.4 Å². The van der Waals surface area contributed by atoms with Gasteiger partial charge in [-0.1, -0.05) is 11.8 Å². The highest BCUT2D eigenvalue weighted by Crippen LogP contribution is 2.25. The Morgan fingerprint density at radius 3 is 2.54 bits per heavy atom. The van der Waals surface area contributed by atoms with Crippen LogP contribution >= 0.6 is 11.8 Å². The molecule has 0 aliphatic rings. The number of rotatable bonds is 7. The van der Waals surface area contributed by atoms with Crippen LogP contribution in [-0.4, -0.2) is 34.8 Å². The van der Waals surface area contributed by atoms with E-state index >= 15 is 0 Å². The van der Waals surface area contributed by atoms with E-state index in [2.05, 4.69) is 9.82 Å². The summed E-state index contributed by atoms with van der Waals surface area (Å²) in [6, 6.07) is 9.13. The number of furan rings is 1. The van der Waals surface area contributed by atoms with Gasteiger partial charge < -0.3 is 4.42 Å². The molecular formula is C18H17N3O5S2. The molecule has 0 saturated heterocycles. The Hall–Kier alpha value is -2.85. The highest BCUT2D eigenvalue weighted by molar-refractivity contribution is 8.14. The van der Waals surface area contributed by atoms with Crippen molar-refractivity contribution in [1.29, 1.82) is 0 Å². The molecule has 0 radical (unpaired) electrons. The van der Waals surface area contributed by atoms with Crippen molar-refractivity contribution in [3.8, 4) is 11.5 Å². The van der Waals surface area contributed by atoms with Crippen LogP contribution in [0.3, 0.4) is 0 Å². The van der Waals surface area contributed by atoms with Gasteiger partial charge in [-0.05, 0) is 30.3 Å². The summed E-state index contributed by atoms with van der Waals surface area (Å²) in [5, 5.41) is 3.89. The molecule has 8 nitrogen and oxygen atoms in total. The standard InChI is InChI=1S/C18H17N3O5S2/c1-12(22)27-11-17(23)13-3-5-14(6-4-13)20-28(24,25)15-9-18(26-10-15)16-7-8-19-21(16)2/h3-10,20H,11H2,1-2H3. The van der Waals surface area contributed by atoms with Crippen molar-refractivity contribution in [2.45, 2.75) is 11.8 Å². The Labute approximate surface area is 166 Å². The lowest BCUT2D eigenvalue weighted by Gasteiger charge is -2.07. The van der Waals surface area contributed by atoms with Crippen LogP contribution in [0.1, 0.15) is 17.3 Å². The number of carbonyl (C=O) groups excluding carboxylic acids is 2. The number of benzene rings is 1. The number of sulfonamides is 1. The van der Waals surface area contributed by atoms with Crippen molar-refractivity contribution in [2.75, 3.05) is 10.5 Å². The third-order valence-electron chi connectivity index (χ3n) is 3.82. The van der Waals surface area contributed by atoms with Crippen molar-refractivity contribution < 1.29 is 22.4 Å². The van der Waals surface area contributed by atoms with Crippen molar-refractivity contribution >= 4 is 38.4 Å². The fourth-order valence-electron chi connectivity index (χ4n) is 2.40. The lowest BCUT2D eigenvalue weighted by Crippen LogP contribution is -2.12. The maximum absolute atomic E-state index is 12.6. The molecule has 28 heavy (non-hydrogen) atoms. The number of Topliss-reactive ketones (excluding diaryl/α,β-unsaturated/α-hetero) is 1. The molecule has 3 rings (SSSR count). The number of hydrogen-bond acceptors (Lipinski definition) is 7. The molecule has 3 aromatic rings. The molecule has 0 aliphatic heterocycles. The van der Waals surface area contributed by atoms with Crippen LogP contribution in [0.2, 0.25) is 0 Å². The Bertz CT molecular complexity index is 1110. The van der Waals surface area contributed by atoms with Crippen LogP contribution in [0.15, 0.2) is 58.2 Å². The summed E-state index contributed by atoms with van der Waals surface area (Å²) in [4.78, 5) is 22.9. The first-order valence-electron chi connectivity index (χ1n) is 8.12. The molecule has 2 aromatic heterocycles. The Kier molecular flexibility index (Phi) is 5.71. The zero-order chi connectivity index (χ0) is 20.3. The average molecular weight is 419 g/mol. The topological polar surface area (TPSA) is 111 Å². The van der Waals surface area contributed by atoms with Gasteiger partial charge in [0.1, 0.15) is 16.9 Å². The van der Waals surface area contributed by atoms with E-state index in [1.54, 1.807) is 24.0 Å². The first kappa shape index (κ1) is 19.9. The summed E-state index contributed by atoms with van der Waals surface area (Å²) in [6.45, 7) is 1.39. The van der Waals surface area contributed by atoms with Gasteiger partial charge in [0, 0.05) is 37.5 Å². The fraction of sp³-hybridized carbons (Fsp3) is 0.167. The number of aryl methyl sites for hydroxylation is 1. The molecule has 0 aliphatic carbocycles. The van der Waals surface area contributed by atoms with Crippen LogP contribution in [0, 0.1) is 0 Å². The van der Waals surface area contributed by atoms with Gasteiger partial charge in [-0.3, -0.25) is 19.0 Å². The van der Waals surface area contributed by atoms with E-state index in [1.807, 2.05) is 0 Å². The molecule has 1 N–H and O–H groups in total. The van der Waals surface area contributed by atoms with Crippen molar-refractivity contribution in [1.82, 2.24) is 9.78 Å². The largest absolute Gasteiger partial charge is 0.461 e. The number of carbonyl (C=O) groups is 2. The highest BCUT2D eigenvalue weighted by Gasteiger charge is 2.19. The number of nitrogens with one attached hydrogen (secondary N) is 1. The number of nitrogens with zero attached hydrogens (tertiary/aromatic N) is 2. The zero-order valence-corrected chi connectivity index (χ0v) is 16.7. The van der Waals surface area contributed by atoms with Gasteiger partial charge in [0.2, 0.25) is 0 Å². The van der Waals surface area contributed by atoms with Gasteiger partial charge in [0.15, 0.2) is 16.7 Å². The number of thioether (sulfide) groups is 1. The van der Waals surface area contributed by atoms with Gasteiger partial charge in [0.25, 0.3) is 10.0 Å². The number of anilines is 1. The fourth-order valence-corrected chi connectivity index (χ4v) is 3.90.